The van der Waals surface area contributed by atoms with E-state index in [9.17, 15) is 24.6 Å². The molecule has 0 radical (unpaired) electrons. The summed E-state index contributed by atoms with van der Waals surface area (Å²) in [5.41, 5.74) is -1.16. The molecule has 4 N–H and O–H groups in total. The second-order valence-electron chi connectivity index (χ2n) is 8.44. The van der Waals surface area contributed by atoms with Gasteiger partial charge in [-0.3, -0.25) is 14.2 Å². The zero-order valence-corrected chi connectivity index (χ0v) is 18.2. The Hall–Kier alpha value is -2.82. The molecule has 2 aromatic rings. The molecule has 1 aliphatic carbocycles. The summed E-state index contributed by atoms with van der Waals surface area (Å²) in [4.78, 5) is 37.6. The minimum atomic E-state index is -1.27. The van der Waals surface area contributed by atoms with Crippen LogP contribution in [0.3, 0.4) is 0 Å². The summed E-state index contributed by atoms with van der Waals surface area (Å²) in [5, 5.41) is 36.1. The molecule has 0 aliphatic heterocycles. The van der Waals surface area contributed by atoms with Crippen molar-refractivity contribution in [3.8, 4) is 5.69 Å². The lowest BCUT2D eigenvalue weighted by Crippen LogP contribution is -2.43. The molecule has 174 valence electrons. The molecule has 0 unspecified atom stereocenters. The summed E-state index contributed by atoms with van der Waals surface area (Å²) in [6.07, 6.45) is 4.97. The Labute approximate surface area is 185 Å². The van der Waals surface area contributed by atoms with Crippen LogP contribution in [0.15, 0.2) is 34.0 Å². The lowest BCUT2D eigenvalue weighted by Gasteiger charge is -2.27. The minimum Gasteiger partial charge on any atom is -0.394 e. The number of aliphatic hydroxyl groups is 3. The molecule has 1 atom stereocenters. The zero-order valence-electron chi connectivity index (χ0n) is 18.2. The highest BCUT2D eigenvalue weighted by Gasteiger charge is 2.28. The van der Waals surface area contributed by atoms with Gasteiger partial charge in [0, 0.05) is 12.1 Å². The molecule has 0 saturated heterocycles. The van der Waals surface area contributed by atoms with Crippen molar-refractivity contribution in [2.24, 2.45) is 0 Å². The van der Waals surface area contributed by atoms with Crippen LogP contribution in [-0.2, 0) is 6.54 Å². The second kappa shape index (κ2) is 10.2. The number of nitrogens with one attached hydrogen (secondary N) is 1. The van der Waals surface area contributed by atoms with Crippen LogP contribution in [0.1, 0.15) is 54.4 Å². The third kappa shape index (κ3) is 5.50. The molecule has 10 nitrogen and oxygen atoms in total. The van der Waals surface area contributed by atoms with Gasteiger partial charge in [-0.2, -0.15) is 9.78 Å². The number of nitrogens with zero attached hydrogens (tertiary/aromatic N) is 3. The van der Waals surface area contributed by atoms with Gasteiger partial charge in [0.25, 0.3) is 11.5 Å². The summed E-state index contributed by atoms with van der Waals surface area (Å²) < 4.78 is 1.73. The van der Waals surface area contributed by atoms with Gasteiger partial charge in [-0.1, -0.05) is 31.7 Å². The van der Waals surface area contributed by atoms with Crippen molar-refractivity contribution in [3.63, 3.8) is 0 Å². The molecule has 0 bridgehead atoms. The average molecular weight is 447 g/mol. The van der Waals surface area contributed by atoms with Crippen molar-refractivity contribution in [2.75, 3.05) is 13.2 Å². The predicted molar refractivity (Wildman–Crippen MR) is 117 cm³/mol. The SMILES string of the molecule is Cc1ccc(-n2ncc(=O)n(C[C@@H](O)CO)c2=O)cc1C(=O)NCC1(O)CCCCCC1. The summed E-state index contributed by atoms with van der Waals surface area (Å²) in [6.45, 7) is 0.926. The highest BCUT2D eigenvalue weighted by Crippen LogP contribution is 2.26. The van der Waals surface area contributed by atoms with Crippen LogP contribution in [0.5, 0.6) is 0 Å². The summed E-state index contributed by atoms with van der Waals surface area (Å²) in [5.74, 6) is -0.376. The third-order valence-corrected chi connectivity index (χ3v) is 5.89. The third-order valence-electron chi connectivity index (χ3n) is 5.89. The Morgan fingerprint density at radius 3 is 2.56 bits per heavy atom. The van der Waals surface area contributed by atoms with Crippen LogP contribution < -0.4 is 16.6 Å². The van der Waals surface area contributed by atoms with Gasteiger partial charge in [0.2, 0.25) is 0 Å². The van der Waals surface area contributed by atoms with Gasteiger partial charge in [0.1, 0.15) is 6.20 Å². The van der Waals surface area contributed by atoms with Crippen LogP contribution in [-0.4, -0.2) is 60.4 Å². The molecule has 1 fully saturated rings. The Balaban J connectivity index is 1.86. The number of hydrogen-bond donors (Lipinski definition) is 4. The number of carbonyl (C=O) groups excluding carboxylic acids is 1. The molecule has 1 aliphatic rings. The molecular weight excluding hydrogens is 416 g/mol. The van der Waals surface area contributed by atoms with Crippen LogP contribution >= 0.6 is 0 Å². The van der Waals surface area contributed by atoms with E-state index in [0.717, 1.165) is 41.1 Å². The lowest BCUT2D eigenvalue weighted by atomic mass is 9.94. The molecule has 1 aromatic carbocycles. The maximum absolute atomic E-state index is 12.9. The maximum atomic E-state index is 12.9. The van der Waals surface area contributed by atoms with Gasteiger partial charge in [-0.15, -0.1) is 0 Å². The van der Waals surface area contributed by atoms with Crippen molar-refractivity contribution in [2.45, 2.75) is 63.7 Å². The van der Waals surface area contributed by atoms with E-state index in [0.29, 0.717) is 24.0 Å². The van der Waals surface area contributed by atoms with Gasteiger partial charge in [0.05, 0.1) is 30.5 Å². The number of benzene rings is 1. The molecule has 1 heterocycles. The summed E-state index contributed by atoms with van der Waals surface area (Å²) in [7, 11) is 0. The number of hydrogen-bond acceptors (Lipinski definition) is 7. The van der Waals surface area contributed by atoms with E-state index < -0.39 is 29.6 Å². The fraction of sp³-hybridized carbons (Fsp3) is 0.545. The quantitative estimate of drug-likeness (QED) is 0.433. The van der Waals surface area contributed by atoms with Crippen molar-refractivity contribution in [1.29, 1.82) is 0 Å². The Morgan fingerprint density at radius 1 is 1.22 bits per heavy atom. The number of amides is 1. The predicted octanol–water partition coefficient (Wildman–Crippen LogP) is -0.129. The highest BCUT2D eigenvalue weighted by molar-refractivity contribution is 5.96. The fourth-order valence-electron chi connectivity index (χ4n) is 3.94. The van der Waals surface area contributed by atoms with Gasteiger partial charge in [-0.05, 0) is 37.5 Å². The van der Waals surface area contributed by atoms with Crippen LogP contribution in [0, 0.1) is 6.92 Å². The first-order chi connectivity index (χ1) is 15.2. The Morgan fingerprint density at radius 2 is 1.91 bits per heavy atom. The highest BCUT2D eigenvalue weighted by atomic mass is 16.3. The second-order valence-corrected chi connectivity index (χ2v) is 8.44. The number of aliphatic hydroxyl groups excluding tert-OH is 2. The lowest BCUT2D eigenvalue weighted by molar-refractivity contribution is 0.0246. The topological polar surface area (TPSA) is 147 Å². The monoisotopic (exact) mass is 446 g/mol. The molecule has 1 saturated carbocycles. The Kier molecular flexibility index (Phi) is 7.60. The van der Waals surface area contributed by atoms with Crippen molar-refractivity contribution >= 4 is 5.91 Å². The molecule has 10 heteroatoms. The molecule has 3 rings (SSSR count). The maximum Gasteiger partial charge on any atom is 0.352 e. The number of carbonyl (C=O) groups is 1. The molecule has 32 heavy (non-hydrogen) atoms. The van der Waals surface area contributed by atoms with Gasteiger partial charge >= 0.3 is 5.69 Å². The summed E-state index contributed by atoms with van der Waals surface area (Å²) in [6, 6.07) is 4.75. The number of rotatable bonds is 7. The van der Waals surface area contributed by atoms with Gasteiger partial charge in [-0.25, -0.2) is 4.79 Å². The van der Waals surface area contributed by atoms with E-state index in [4.69, 9.17) is 5.11 Å². The van der Waals surface area contributed by atoms with E-state index in [1.807, 2.05) is 0 Å². The zero-order chi connectivity index (χ0) is 23.3. The summed E-state index contributed by atoms with van der Waals surface area (Å²) >= 11 is 0. The number of aryl methyl sites for hydroxylation is 1. The van der Waals surface area contributed by atoms with E-state index in [1.54, 1.807) is 19.1 Å². The largest absolute Gasteiger partial charge is 0.394 e. The molecule has 1 aromatic heterocycles. The van der Waals surface area contributed by atoms with Gasteiger partial charge < -0.3 is 20.6 Å². The van der Waals surface area contributed by atoms with Crippen molar-refractivity contribution in [3.05, 3.63) is 56.4 Å². The van der Waals surface area contributed by atoms with E-state index >= 15 is 0 Å². The molecule has 0 spiro atoms. The smallest absolute Gasteiger partial charge is 0.352 e. The van der Waals surface area contributed by atoms with E-state index in [2.05, 4.69) is 10.4 Å². The van der Waals surface area contributed by atoms with Gasteiger partial charge in [0.15, 0.2) is 0 Å². The first-order valence-electron chi connectivity index (χ1n) is 10.8. The molecule has 1 amide bonds. The molecular formula is C22H30N4O6. The average Bonchev–Trinajstić information content (AvgIpc) is 3.00. The van der Waals surface area contributed by atoms with Crippen LogP contribution in [0.4, 0.5) is 0 Å². The normalized spacial score (nSPS) is 16.9. The first-order valence-corrected chi connectivity index (χ1v) is 10.8. The number of aromatic nitrogens is 3. The Bertz CT molecular complexity index is 1070. The van der Waals surface area contributed by atoms with Crippen molar-refractivity contribution < 1.29 is 20.1 Å². The fourth-order valence-corrected chi connectivity index (χ4v) is 3.94. The van der Waals surface area contributed by atoms with E-state index in [1.165, 1.54) is 6.07 Å². The van der Waals surface area contributed by atoms with Crippen LogP contribution in [0.2, 0.25) is 0 Å². The standard InChI is InChI=1S/C22H30N4O6/c1-15-6-7-16(26-21(31)25(12-17(28)13-27)19(29)11-24-26)10-18(15)20(30)23-14-22(32)8-4-2-3-5-9-22/h6-7,10-11,17,27-28,32H,2-5,8-9,12-14H2,1H3,(H,23,30)/t17-/m1/s1. The van der Waals surface area contributed by atoms with Crippen LogP contribution in [0.25, 0.3) is 5.69 Å². The van der Waals surface area contributed by atoms with Crippen molar-refractivity contribution in [1.82, 2.24) is 19.7 Å². The van der Waals surface area contributed by atoms with E-state index in [-0.39, 0.29) is 24.7 Å². The minimum absolute atomic E-state index is 0.150. The first kappa shape index (κ1) is 23.8.